The fraction of sp³-hybridized carbons (Fsp3) is 0.444. The Kier molecular flexibility index (Phi) is 4.02. The number of hydrogen-bond acceptors (Lipinski definition) is 4. The number of hydrogen-bond donors (Lipinski definition) is 2. The highest BCUT2D eigenvalue weighted by atomic mass is 79.9. The molecule has 82 valence electrons. The summed E-state index contributed by atoms with van der Waals surface area (Å²) >= 11 is 3.20. The molecule has 0 amide bonds. The highest BCUT2D eigenvalue weighted by Gasteiger charge is 2.21. The van der Waals surface area contributed by atoms with Gasteiger partial charge >= 0.3 is 5.97 Å². The van der Waals surface area contributed by atoms with Crippen molar-refractivity contribution < 1.29 is 9.90 Å². The van der Waals surface area contributed by atoms with Gasteiger partial charge in [-0.05, 0) is 21.8 Å². The molecule has 0 fully saturated rings. The van der Waals surface area contributed by atoms with Crippen LogP contribution in [0.25, 0.3) is 0 Å². The van der Waals surface area contributed by atoms with Crippen molar-refractivity contribution in [3.63, 3.8) is 0 Å². The molecule has 0 radical (unpaired) electrons. The van der Waals surface area contributed by atoms with Crippen molar-refractivity contribution in [2.45, 2.75) is 19.9 Å². The lowest BCUT2D eigenvalue weighted by Crippen LogP contribution is -2.34. The molecule has 0 aliphatic heterocycles. The molecule has 2 N–H and O–H groups in total. The Morgan fingerprint density at radius 2 is 2.00 bits per heavy atom. The quantitative estimate of drug-likeness (QED) is 0.875. The normalized spacial score (nSPS) is 12.5. The molecule has 0 spiro atoms. The zero-order valence-corrected chi connectivity index (χ0v) is 10.0. The third-order valence-corrected chi connectivity index (χ3v) is 2.25. The number of carboxylic acids is 1. The minimum absolute atomic E-state index is 0.0326. The van der Waals surface area contributed by atoms with Gasteiger partial charge in [0.05, 0.1) is 4.47 Å². The summed E-state index contributed by atoms with van der Waals surface area (Å²) in [4.78, 5) is 18.8. The van der Waals surface area contributed by atoms with E-state index >= 15 is 0 Å². The Balaban J connectivity index is 2.74. The maximum absolute atomic E-state index is 10.9. The summed E-state index contributed by atoms with van der Waals surface area (Å²) in [6.45, 7) is 3.65. The lowest BCUT2D eigenvalue weighted by Gasteiger charge is -2.17. The van der Waals surface area contributed by atoms with Crippen molar-refractivity contribution in [2.75, 3.05) is 5.32 Å². The monoisotopic (exact) mass is 273 g/mol. The largest absolute Gasteiger partial charge is 0.480 e. The number of nitrogens with zero attached hydrogens (tertiary/aromatic N) is 2. The Morgan fingerprint density at radius 3 is 2.40 bits per heavy atom. The number of carbonyl (C=O) groups is 1. The minimum atomic E-state index is -0.906. The summed E-state index contributed by atoms with van der Waals surface area (Å²) in [5.41, 5.74) is 0. The lowest BCUT2D eigenvalue weighted by atomic mass is 10.1. The van der Waals surface area contributed by atoms with Crippen LogP contribution in [0.1, 0.15) is 13.8 Å². The van der Waals surface area contributed by atoms with Gasteiger partial charge in [-0.2, -0.15) is 0 Å². The Morgan fingerprint density at radius 1 is 1.47 bits per heavy atom. The van der Waals surface area contributed by atoms with Crippen LogP contribution in [0, 0.1) is 5.92 Å². The fourth-order valence-electron chi connectivity index (χ4n) is 1.04. The standard InChI is InChI=1S/C9H12BrN3O2/c1-5(2)7(8(14)15)13-9-11-3-6(10)4-12-9/h3-5,7H,1-2H3,(H,14,15)(H,11,12,13)/t7-/m0/s1. The second-order valence-corrected chi connectivity index (χ2v) is 4.34. The molecule has 1 heterocycles. The molecule has 0 saturated carbocycles. The molecule has 1 aromatic heterocycles. The number of carboxylic acid groups (broad SMARTS) is 1. The van der Waals surface area contributed by atoms with Crippen molar-refractivity contribution >= 4 is 27.8 Å². The first-order valence-electron chi connectivity index (χ1n) is 4.47. The summed E-state index contributed by atoms with van der Waals surface area (Å²) in [6.07, 6.45) is 3.13. The van der Waals surface area contributed by atoms with Crippen LogP contribution in [0.2, 0.25) is 0 Å². The summed E-state index contributed by atoms with van der Waals surface area (Å²) in [6, 6.07) is -0.675. The van der Waals surface area contributed by atoms with Gasteiger partial charge in [-0.15, -0.1) is 0 Å². The van der Waals surface area contributed by atoms with Crippen LogP contribution in [-0.4, -0.2) is 27.1 Å². The lowest BCUT2D eigenvalue weighted by molar-refractivity contribution is -0.138. The van der Waals surface area contributed by atoms with Crippen LogP contribution in [-0.2, 0) is 4.79 Å². The zero-order valence-electron chi connectivity index (χ0n) is 8.44. The van der Waals surface area contributed by atoms with Crippen LogP contribution < -0.4 is 5.32 Å². The van der Waals surface area contributed by atoms with Crippen LogP contribution in [0.3, 0.4) is 0 Å². The van der Waals surface area contributed by atoms with E-state index in [0.717, 1.165) is 4.47 Å². The predicted octanol–water partition coefficient (Wildman–Crippen LogP) is 1.76. The topological polar surface area (TPSA) is 75.1 Å². The molecular formula is C9H12BrN3O2. The fourth-order valence-corrected chi connectivity index (χ4v) is 1.24. The SMILES string of the molecule is CC(C)[C@H](Nc1ncc(Br)cn1)C(=O)O. The predicted molar refractivity (Wildman–Crippen MR) is 59.6 cm³/mol. The number of aliphatic carboxylic acids is 1. The van der Waals surface area contributed by atoms with Gasteiger partial charge in [0.25, 0.3) is 0 Å². The van der Waals surface area contributed by atoms with Gasteiger partial charge in [0.15, 0.2) is 0 Å². The van der Waals surface area contributed by atoms with E-state index in [1.807, 2.05) is 13.8 Å². The van der Waals surface area contributed by atoms with Crippen molar-refractivity contribution in [2.24, 2.45) is 5.92 Å². The molecule has 0 aliphatic carbocycles. The van der Waals surface area contributed by atoms with Gasteiger partial charge in [-0.1, -0.05) is 13.8 Å². The average Bonchev–Trinajstić information content (AvgIpc) is 2.15. The third kappa shape index (κ3) is 3.47. The maximum atomic E-state index is 10.9. The highest BCUT2D eigenvalue weighted by Crippen LogP contribution is 2.11. The number of nitrogens with one attached hydrogen (secondary N) is 1. The molecular weight excluding hydrogens is 262 g/mol. The first-order valence-corrected chi connectivity index (χ1v) is 5.27. The maximum Gasteiger partial charge on any atom is 0.326 e. The smallest absolute Gasteiger partial charge is 0.326 e. The molecule has 0 aliphatic rings. The van der Waals surface area contributed by atoms with Crippen molar-refractivity contribution in [1.82, 2.24) is 9.97 Å². The van der Waals surface area contributed by atoms with E-state index in [0.29, 0.717) is 5.95 Å². The van der Waals surface area contributed by atoms with Crippen molar-refractivity contribution in [3.05, 3.63) is 16.9 Å². The third-order valence-electron chi connectivity index (χ3n) is 1.84. The first-order chi connectivity index (χ1) is 7.00. The summed E-state index contributed by atoms with van der Waals surface area (Å²) < 4.78 is 0.754. The molecule has 15 heavy (non-hydrogen) atoms. The Hall–Kier alpha value is -1.17. The van der Waals surface area contributed by atoms with Gasteiger partial charge in [-0.25, -0.2) is 14.8 Å². The van der Waals surface area contributed by atoms with Gasteiger partial charge < -0.3 is 10.4 Å². The molecule has 1 atom stereocenters. The van der Waals surface area contributed by atoms with E-state index in [9.17, 15) is 4.79 Å². The molecule has 0 unspecified atom stereocenters. The summed E-state index contributed by atoms with van der Waals surface area (Å²) in [7, 11) is 0. The number of halogens is 1. The number of rotatable bonds is 4. The van der Waals surface area contributed by atoms with Crippen LogP contribution >= 0.6 is 15.9 Å². The highest BCUT2D eigenvalue weighted by molar-refractivity contribution is 9.10. The van der Waals surface area contributed by atoms with Gasteiger partial charge in [0, 0.05) is 12.4 Å². The van der Waals surface area contributed by atoms with Crippen LogP contribution in [0.5, 0.6) is 0 Å². The molecule has 0 aromatic carbocycles. The van der Waals surface area contributed by atoms with E-state index < -0.39 is 12.0 Å². The van der Waals surface area contributed by atoms with E-state index in [4.69, 9.17) is 5.11 Å². The Labute approximate surface area is 96.1 Å². The second-order valence-electron chi connectivity index (χ2n) is 3.43. The van der Waals surface area contributed by atoms with Crippen LogP contribution in [0.4, 0.5) is 5.95 Å². The Bertz CT molecular complexity index is 340. The molecule has 5 nitrogen and oxygen atoms in total. The first kappa shape index (κ1) is 11.9. The summed E-state index contributed by atoms with van der Waals surface area (Å²) in [5, 5.41) is 11.7. The average molecular weight is 274 g/mol. The molecule has 6 heteroatoms. The molecule has 0 bridgehead atoms. The van der Waals surface area contributed by atoms with Gasteiger partial charge in [-0.3, -0.25) is 0 Å². The van der Waals surface area contributed by atoms with Crippen molar-refractivity contribution in [3.8, 4) is 0 Å². The van der Waals surface area contributed by atoms with E-state index in [2.05, 4.69) is 31.2 Å². The number of aromatic nitrogens is 2. The van der Waals surface area contributed by atoms with Gasteiger partial charge in [0.2, 0.25) is 5.95 Å². The van der Waals surface area contributed by atoms with Gasteiger partial charge in [0.1, 0.15) is 6.04 Å². The second kappa shape index (κ2) is 5.06. The zero-order chi connectivity index (χ0) is 11.4. The van der Waals surface area contributed by atoms with E-state index in [1.165, 1.54) is 0 Å². The van der Waals surface area contributed by atoms with E-state index in [1.54, 1.807) is 12.4 Å². The minimum Gasteiger partial charge on any atom is -0.480 e. The molecule has 1 aromatic rings. The van der Waals surface area contributed by atoms with Crippen LogP contribution in [0.15, 0.2) is 16.9 Å². The summed E-state index contributed by atoms with van der Waals surface area (Å²) in [5.74, 6) is -0.620. The molecule has 1 rings (SSSR count). The number of anilines is 1. The van der Waals surface area contributed by atoms with E-state index in [-0.39, 0.29) is 5.92 Å². The van der Waals surface area contributed by atoms with Crippen molar-refractivity contribution in [1.29, 1.82) is 0 Å². The molecule has 0 saturated heterocycles.